The molecule has 0 spiro atoms. The standard InChI is InChI=1S/C13H19FN2O3S/c14-12-9-11(5-6-13(12)15)20(18,19)16(7-8-17)10-3-1-2-4-10/h5-6,9-10,17H,1-4,7-8,15H2. The van der Waals surface area contributed by atoms with E-state index in [-0.39, 0.29) is 29.8 Å². The average Bonchev–Trinajstić information content (AvgIpc) is 2.92. The summed E-state index contributed by atoms with van der Waals surface area (Å²) in [6.45, 7) is -0.230. The molecule has 1 fully saturated rings. The highest BCUT2D eigenvalue weighted by molar-refractivity contribution is 7.89. The molecule has 1 saturated carbocycles. The fourth-order valence-electron chi connectivity index (χ4n) is 2.59. The molecule has 20 heavy (non-hydrogen) atoms. The van der Waals surface area contributed by atoms with Crippen LogP contribution in [0.15, 0.2) is 23.1 Å². The van der Waals surface area contributed by atoms with Crippen molar-refractivity contribution in [3.63, 3.8) is 0 Å². The van der Waals surface area contributed by atoms with Crippen LogP contribution in [0.3, 0.4) is 0 Å². The van der Waals surface area contributed by atoms with Gasteiger partial charge >= 0.3 is 0 Å². The summed E-state index contributed by atoms with van der Waals surface area (Å²) in [4.78, 5) is -0.121. The summed E-state index contributed by atoms with van der Waals surface area (Å²) in [5, 5.41) is 9.11. The summed E-state index contributed by atoms with van der Waals surface area (Å²) in [6, 6.07) is 3.36. The molecule has 1 aromatic rings. The molecule has 0 unspecified atom stereocenters. The molecular formula is C13H19FN2O3S. The molecule has 7 heteroatoms. The largest absolute Gasteiger partial charge is 0.396 e. The molecule has 0 radical (unpaired) electrons. The highest BCUT2D eigenvalue weighted by Crippen LogP contribution is 2.29. The van der Waals surface area contributed by atoms with Crippen molar-refractivity contribution in [3.05, 3.63) is 24.0 Å². The normalized spacial score (nSPS) is 16.9. The Hall–Kier alpha value is -1.18. The molecule has 2 rings (SSSR count). The number of hydrogen-bond acceptors (Lipinski definition) is 4. The zero-order valence-corrected chi connectivity index (χ0v) is 11.9. The van der Waals surface area contributed by atoms with Crippen LogP contribution < -0.4 is 5.73 Å². The van der Waals surface area contributed by atoms with Gasteiger partial charge in [0.05, 0.1) is 17.2 Å². The van der Waals surface area contributed by atoms with Crippen LogP contribution in [-0.2, 0) is 10.0 Å². The fraction of sp³-hybridized carbons (Fsp3) is 0.538. The lowest BCUT2D eigenvalue weighted by Crippen LogP contribution is -2.40. The Kier molecular flexibility index (Phi) is 4.62. The molecule has 0 atom stereocenters. The lowest BCUT2D eigenvalue weighted by atomic mass is 10.2. The molecule has 3 N–H and O–H groups in total. The van der Waals surface area contributed by atoms with Crippen LogP contribution in [0.25, 0.3) is 0 Å². The van der Waals surface area contributed by atoms with Crippen molar-refractivity contribution in [2.45, 2.75) is 36.6 Å². The van der Waals surface area contributed by atoms with Gasteiger partial charge in [-0.3, -0.25) is 0 Å². The second-order valence-corrected chi connectivity index (χ2v) is 6.85. The molecule has 0 aromatic heterocycles. The second kappa shape index (κ2) is 6.07. The Morgan fingerprint density at radius 3 is 2.55 bits per heavy atom. The van der Waals surface area contributed by atoms with Crippen molar-refractivity contribution in [1.29, 1.82) is 0 Å². The summed E-state index contributed by atoms with van der Waals surface area (Å²) < 4.78 is 39.9. The molecule has 5 nitrogen and oxygen atoms in total. The Balaban J connectivity index is 2.36. The van der Waals surface area contributed by atoms with E-state index in [1.807, 2.05) is 0 Å². The van der Waals surface area contributed by atoms with Gasteiger partial charge in [-0.2, -0.15) is 4.31 Å². The predicted octanol–water partition coefficient (Wildman–Crippen LogP) is 1.33. The molecule has 0 amide bonds. The number of benzene rings is 1. The molecule has 1 aliphatic carbocycles. The van der Waals surface area contributed by atoms with Crippen LogP contribution in [0, 0.1) is 5.82 Å². The van der Waals surface area contributed by atoms with E-state index in [1.54, 1.807) is 0 Å². The fourth-order valence-corrected chi connectivity index (χ4v) is 4.28. The summed E-state index contributed by atoms with van der Waals surface area (Å²) in [7, 11) is -3.81. The molecule has 0 heterocycles. The minimum absolute atomic E-state index is 0.0268. The Morgan fingerprint density at radius 1 is 1.35 bits per heavy atom. The third-order valence-corrected chi connectivity index (χ3v) is 5.58. The predicted molar refractivity (Wildman–Crippen MR) is 74.0 cm³/mol. The minimum Gasteiger partial charge on any atom is -0.396 e. The second-order valence-electron chi connectivity index (χ2n) is 4.96. The Labute approximate surface area is 118 Å². The van der Waals surface area contributed by atoms with Crippen molar-refractivity contribution in [2.75, 3.05) is 18.9 Å². The Bertz CT molecular complexity index is 571. The van der Waals surface area contributed by atoms with Crippen LogP contribution in [0.5, 0.6) is 0 Å². The van der Waals surface area contributed by atoms with Gasteiger partial charge in [0, 0.05) is 12.6 Å². The van der Waals surface area contributed by atoms with Gasteiger partial charge in [0.15, 0.2) is 0 Å². The number of aliphatic hydroxyl groups is 1. The molecule has 1 aliphatic rings. The van der Waals surface area contributed by atoms with Crippen LogP contribution in [0.1, 0.15) is 25.7 Å². The molecular weight excluding hydrogens is 283 g/mol. The monoisotopic (exact) mass is 302 g/mol. The quantitative estimate of drug-likeness (QED) is 0.804. The first-order valence-electron chi connectivity index (χ1n) is 6.64. The summed E-state index contributed by atoms with van der Waals surface area (Å²) in [5.74, 6) is -0.749. The zero-order chi connectivity index (χ0) is 14.8. The number of nitrogens with zero attached hydrogens (tertiary/aromatic N) is 1. The van der Waals surface area contributed by atoms with Crippen molar-refractivity contribution < 1.29 is 17.9 Å². The highest BCUT2D eigenvalue weighted by atomic mass is 32.2. The number of aliphatic hydroxyl groups excluding tert-OH is 1. The van der Waals surface area contributed by atoms with Crippen LogP contribution in [0.4, 0.5) is 10.1 Å². The molecule has 0 saturated heterocycles. The number of nitrogen functional groups attached to an aromatic ring is 1. The van der Waals surface area contributed by atoms with Crippen molar-refractivity contribution in [3.8, 4) is 0 Å². The smallest absolute Gasteiger partial charge is 0.243 e. The van der Waals surface area contributed by atoms with Crippen LogP contribution in [0.2, 0.25) is 0 Å². The highest BCUT2D eigenvalue weighted by Gasteiger charge is 2.33. The number of hydrogen-bond donors (Lipinski definition) is 2. The van der Waals surface area contributed by atoms with Crippen LogP contribution >= 0.6 is 0 Å². The van der Waals surface area contributed by atoms with E-state index >= 15 is 0 Å². The van der Waals surface area contributed by atoms with E-state index in [1.165, 1.54) is 16.4 Å². The average molecular weight is 302 g/mol. The van der Waals surface area contributed by atoms with Gasteiger partial charge in [-0.15, -0.1) is 0 Å². The van der Waals surface area contributed by atoms with E-state index in [4.69, 9.17) is 10.8 Å². The van der Waals surface area contributed by atoms with E-state index in [2.05, 4.69) is 0 Å². The van der Waals surface area contributed by atoms with Crippen molar-refractivity contribution in [2.24, 2.45) is 0 Å². The van der Waals surface area contributed by atoms with Crippen molar-refractivity contribution in [1.82, 2.24) is 4.31 Å². The van der Waals surface area contributed by atoms with Gasteiger partial charge in [0.1, 0.15) is 5.82 Å². The number of nitrogens with two attached hydrogens (primary N) is 1. The van der Waals surface area contributed by atoms with E-state index in [9.17, 15) is 12.8 Å². The van der Waals surface area contributed by atoms with Gasteiger partial charge in [-0.05, 0) is 31.0 Å². The van der Waals surface area contributed by atoms with E-state index in [0.717, 1.165) is 31.7 Å². The first kappa shape index (κ1) is 15.2. The third kappa shape index (κ3) is 2.94. The van der Waals surface area contributed by atoms with E-state index in [0.29, 0.717) is 0 Å². The lowest BCUT2D eigenvalue weighted by Gasteiger charge is -2.27. The van der Waals surface area contributed by atoms with Gasteiger partial charge in [0.2, 0.25) is 10.0 Å². The molecule has 0 bridgehead atoms. The number of rotatable bonds is 5. The van der Waals surface area contributed by atoms with Crippen molar-refractivity contribution >= 4 is 15.7 Å². The van der Waals surface area contributed by atoms with E-state index < -0.39 is 15.8 Å². The molecule has 1 aromatic carbocycles. The Morgan fingerprint density at radius 2 is 2.00 bits per heavy atom. The van der Waals surface area contributed by atoms with Gasteiger partial charge in [0.25, 0.3) is 0 Å². The van der Waals surface area contributed by atoms with Gasteiger partial charge in [-0.1, -0.05) is 12.8 Å². The summed E-state index contributed by atoms with van der Waals surface area (Å²) in [5.41, 5.74) is 5.28. The number of anilines is 1. The number of halogens is 1. The topological polar surface area (TPSA) is 83.6 Å². The summed E-state index contributed by atoms with van der Waals surface area (Å²) >= 11 is 0. The maximum absolute atomic E-state index is 13.5. The first-order chi connectivity index (χ1) is 9.46. The van der Waals surface area contributed by atoms with Gasteiger partial charge in [-0.25, -0.2) is 12.8 Å². The first-order valence-corrected chi connectivity index (χ1v) is 8.08. The minimum atomic E-state index is -3.81. The lowest BCUT2D eigenvalue weighted by molar-refractivity contribution is 0.226. The number of sulfonamides is 1. The maximum atomic E-state index is 13.5. The summed E-state index contributed by atoms with van der Waals surface area (Å²) in [6.07, 6.45) is 3.49. The molecule has 0 aliphatic heterocycles. The SMILES string of the molecule is Nc1ccc(S(=O)(=O)N(CCO)C2CCCC2)cc1F. The van der Waals surface area contributed by atoms with Gasteiger partial charge < -0.3 is 10.8 Å². The van der Waals surface area contributed by atoms with Crippen LogP contribution in [-0.4, -0.2) is 37.0 Å². The maximum Gasteiger partial charge on any atom is 0.243 e. The molecule has 112 valence electrons. The third-order valence-electron chi connectivity index (χ3n) is 3.63. The zero-order valence-electron chi connectivity index (χ0n) is 11.1.